The first-order chi connectivity index (χ1) is 20.0. The maximum absolute atomic E-state index is 12.9. The number of benzene rings is 3. The van der Waals surface area contributed by atoms with Crippen LogP contribution in [0.1, 0.15) is 29.5 Å². The Balaban J connectivity index is 1.29. The zero-order valence-corrected chi connectivity index (χ0v) is 23.1. The van der Waals surface area contributed by atoms with Crippen LogP contribution >= 0.6 is 0 Å². The summed E-state index contributed by atoms with van der Waals surface area (Å²) in [5.41, 5.74) is 3.10. The molecule has 9 nitrogen and oxygen atoms in total. The Morgan fingerprint density at radius 1 is 0.878 bits per heavy atom. The highest BCUT2D eigenvalue weighted by Gasteiger charge is 2.34. The maximum Gasteiger partial charge on any atom is 0.222 e. The number of likely N-dealkylation sites (tertiary alicyclic amines) is 1. The number of rotatable bonds is 5. The molecule has 3 N–H and O–H groups in total. The van der Waals surface area contributed by atoms with E-state index >= 15 is 0 Å². The van der Waals surface area contributed by atoms with Crippen molar-refractivity contribution in [1.29, 1.82) is 0 Å². The third kappa shape index (κ3) is 8.53. The van der Waals surface area contributed by atoms with E-state index in [1.165, 1.54) is 0 Å². The standard InChI is InChI=1S/C32H37N3O6/c36-15-16-39-27-5-1-3-24(17-27)19-35-20-29-30(21-35)40-22-25-4-2-6-28(18-25)41-26-10-7-23(8-11-26)9-12-31(37)33-14-13-32(38)34-29/h1-8,10-11,17-18,29-30,36H,9,12-16,19-22H2,(H,33,37)(H,34,38)/t29-,30-/m0/s1. The Kier molecular flexibility index (Phi) is 9.85. The predicted octanol–water partition coefficient (Wildman–Crippen LogP) is 3.19. The van der Waals surface area contributed by atoms with Crippen LogP contribution in [-0.2, 0) is 33.9 Å². The van der Waals surface area contributed by atoms with Crippen LogP contribution in [0.15, 0.2) is 72.8 Å². The molecule has 3 aromatic carbocycles. The van der Waals surface area contributed by atoms with Gasteiger partial charge >= 0.3 is 0 Å². The number of ether oxygens (including phenoxy) is 3. The van der Waals surface area contributed by atoms with Crippen molar-refractivity contribution in [3.8, 4) is 17.2 Å². The Morgan fingerprint density at radius 2 is 1.73 bits per heavy atom. The van der Waals surface area contributed by atoms with E-state index in [1.807, 2.05) is 72.8 Å². The first kappa shape index (κ1) is 28.6. The van der Waals surface area contributed by atoms with E-state index in [0.29, 0.717) is 50.6 Å². The van der Waals surface area contributed by atoms with Crippen molar-refractivity contribution in [2.45, 2.75) is 44.6 Å². The Bertz CT molecular complexity index is 1310. The molecular weight excluding hydrogens is 522 g/mol. The molecule has 41 heavy (non-hydrogen) atoms. The van der Waals surface area contributed by atoms with Gasteiger partial charge in [0.05, 0.1) is 25.4 Å². The third-order valence-corrected chi connectivity index (χ3v) is 7.19. The van der Waals surface area contributed by atoms with Gasteiger partial charge in [-0.3, -0.25) is 14.5 Å². The zero-order chi connectivity index (χ0) is 28.4. The summed E-state index contributed by atoms with van der Waals surface area (Å²) < 4.78 is 18.0. The van der Waals surface area contributed by atoms with E-state index < -0.39 is 0 Å². The summed E-state index contributed by atoms with van der Waals surface area (Å²) in [6.07, 6.45) is 0.947. The molecule has 2 amide bonds. The fourth-order valence-corrected chi connectivity index (χ4v) is 5.15. The molecular formula is C32H37N3O6. The molecule has 0 saturated carbocycles. The number of carbonyl (C=O) groups is 2. The molecule has 4 bridgehead atoms. The summed E-state index contributed by atoms with van der Waals surface area (Å²) in [6, 6.07) is 23.2. The van der Waals surface area contributed by atoms with Gasteiger partial charge in [-0.2, -0.15) is 0 Å². The van der Waals surface area contributed by atoms with Crippen LogP contribution in [0.5, 0.6) is 17.2 Å². The molecule has 0 radical (unpaired) electrons. The minimum Gasteiger partial charge on any atom is -0.491 e. The fraction of sp³-hybridized carbons (Fsp3) is 0.375. The molecule has 0 aromatic heterocycles. The number of amides is 2. The van der Waals surface area contributed by atoms with Crippen molar-refractivity contribution in [2.75, 3.05) is 32.8 Å². The van der Waals surface area contributed by atoms with Crippen LogP contribution in [-0.4, -0.2) is 66.8 Å². The van der Waals surface area contributed by atoms with Crippen molar-refractivity contribution < 1.29 is 28.9 Å². The molecule has 2 atom stereocenters. The van der Waals surface area contributed by atoms with Gasteiger partial charge in [-0.1, -0.05) is 36.4 Å². The molecule has 9 heteroatoms. The van der Waals surface area contributed by atoms with E-state index in [0.717, 1.165) is 22.4 Å². The van der Waals surface area contributed by atoms with Gasteiger partial charge in [-0.15, -0.1) is 0 Å². The average Bonchev–Trinajstić information content (AvgIpc) is 3.35. The first-order valence-corrected chi connectivity index (χ1v) is 14.1. The summed E-state index contributed by atoms with van der Waals surface area (Å²) in [5.74, 6) is 1.96. The molecule has 6 rings (SSSR count). The van der Waals surface area contributed by atoms with Crippen LogP contribution < -0.4 is 20.1 Å². The van der Waals surface area contributed by atoms with Gasteiger partial charge in [-0.25, -0.2) is 0 Å². The number of nitrogens with zero attached hydrogens (tertiary/aromatic N) is 1. The van der Waals surface area contributed by atoms with E-state index in [1.54, 1.807) is 0 Å². The number of hydrogen-bond donors (Lipinski definition) is 3. The van der Waals surface area contributed by atoms with E-state index in [2.05, 4.69) is 15.5 Å². The fourth-order valence-electron chi connectivity index (χ4n) is 5.15. The van der Waals surface area contributed by atoms with Crippen molar-refractivity contribution in [1.82, 2.24) is 15.5 Å². The monoisotopic (exact) mass is 559 g/mol. The molecule has 3 aliphatic rings. The molecule has 0 unspecified atom stereocenters. The molecule has 0 spiro atoms. The second-order valence-electron chi connectivity index (χ2n) is 10.4. The number of nitrogens with one attached hydrogen (secondary N) is 2. The minimum absolute atomic E-state index is 0.0392. The summed E-state index contributed by atoms with van der Waals surface area (Å²) in [5, 5.41) is 15.1. The van der Waals surface area contributed by atoms with Crippen LogP contribution in [0.3, 0.4) is 0 Å². The molecule has 1 saturated heterocycles. The quantitative estimate of drug-likeness (QED) is 0.441. The number of carbonyl (C=O) groups excluding carboxylic acids is 2. The SMILES string of the molecule is O=C1CCc2ccc(cc2)Oc2cccc(c2)CO[C@H]2CN(Cc3cccc(OCCO)c3)C[C@@H]2NC(=O)CCN1. The Labute approximate surface area is 240 Å². The summed E-state index contributed by atoms with van der Waals surface area (Å²) >= 11 is 0. The van der Waals surface area contributed by atoms with Crippen molar-refractivity contribution >= 4 is 11.8 Å². The van der Waals surface area contributed by atoms with Gasteiger partial charge < -0.3 is 30.0 Å². The zero-order valence-electron chi connectivity index (χ0n) is 23.1. The molecule has 1 fully saturated rings. The molecule has 0 aliphatic carbocycles. The van der Waals surface area contributed by atoms with Gasteiger partial charge in [0.25, 0.3) is 0 Å². The first-order valence-electron chi connectivity index (χ1n) is 14.1. The van der Waals surface area contributed by atoms with Gasteiger partial charge in [0.2, 0.25) is 11.8 Å². The van der Waals surface area contributed by atoms with Crippen molar-refractivity contribution in [3.05, 3.63) is 89.5 Å². The largest absolute Gasteiger partial charge is 0.491 e. The average molecular weight is 560 g/mol. The number of fused-ring (bicyclic) bond motifs is 10. The second-order valence-corrected chi connectivity index (χ2v) is 10.4. The lowest BCUT2D eigenvalue weighted by atomic mass is 10.1. The Morgan fingerprint density at radius 3 is 2.59 bits per heavy atom. The normalized spacial score (nSPS) is 20.4. The van der Waals surface area contributed by atoms with Crippen molar-refractivity contribution in [2.24, 2.45) is 0 Å². The highest BCUT2D eigenvalue weighted by atomic mass is 16.5. The lowest BCUT2D eigenvalue weighted by Crippen LogP contribution is -2.44. The lowest BCUT2D eigenvalue weighted by Gasteiger charge is -2.21. The van der Waals surface area contributed by atoms with Gasteiger partial charge in [0, 0.05) is 39.0 Å². The summed E-state index contributed by atoms with van der Waals surface area (Å²) in [6.45, 7) is 2.81. The van der Waals surface area contributed by atoms with Crippen molar-refractivity contribution in [3.63, 3.8) is 0 Å². The summed E-state index contributed by atoms with van der Waals surface area (Å²) in [7, 11) is 0. The highest BCUT2D eigenvalue weighted by molar-refractivity contribution is 5.79. The minimum atomic E-state index is -0.218. The Hall–Kier alpha value is -3.92. The molecule has 3 aliphatic heterocycles. The highest BCUT2D eigenvalue weighted by Crippen LogP contribution is 2.25. The molecule has 3 aromatic rings. The van der Waals surface area contributed by atoms with Gasteiger partial charge in [-0.05, 0) is 59.5 Å². The molecule has 216 valence electrons. The van der Waals surface area contributed by atoms with Crippen LogP contribution in [0, 0.1) is 0 Å². The number of hydrogen-bond acceptors (Lipinski definition) is 7. The summed E-state index contributed by atoms with van der Waals surface area (Å²) in [4.78, 5) is 27.4. The molecule has 3 heterocycles. The number of aliphatic hydroxyl groups is 1. The van der Waals surface area contributed by atoms with E-state index in [9.17, 15) is 9.59 Å². The number of aryl methyl sites for hydroxylation is 1. The lowest BCUT2D eigenvalue weighted by molar-refractivity contribution is -0.123. The van der Waals surface area contributed by atoms with Crippen LogP contribution in [0.25, 0.3) is 0 Å². The number of aliphatic hydroxyl groups excluding tert-OH is 1. The van der Waals surface area contributed by atoms with E-state index in [4.69, 9.17) is 19.3 Å². The third-order valence-electron chi connectivity index (χ3n) is 7.19. The smallest absolute Gasteiger partial charge is 0.222 e. The van der Waals surface area contributed by atoms with Gasteiger partial charge in [0.1, 0.15) is 23.9 Å². The maximum atomic E-state index is 12.9. The predicted molar refractivity (Wildman–Crippen MR) is 154 cm³/mol. The topological polar surface area (TPSA) is 109 Å². The van der Waals surface area contributed by atoms with Crippen LogP contribution in [0.2, 0.25) is 0 Å². The van der Waals surface area contributed by atoms with E-state index in [-0.39, 0.29) is 50.1 Å². The van der Waals surface area contributed by atoms with Crippen LogP contribution in [0.4, 0.5) is 0 Å². The second kappa shape index (κ2) is 14.1. The van der Waals surface area contributed by atoms with Gasteiger partial charge in [0.15, 0.2) is 0 Å².